The molecule has 0 radical (unpaired) electrons. The molecule has 12 heavy (non-hydrogen) atoms. The van der Waals surface area contributed by atoms with E-state index >= 15 is 0 Å². The van der Waals surface area contributed by atoms with Gasteiger partial charge in [0.1, 0.15) is 0 Å². The third-order valence-corrected chi connectivity index (χ3v) is 6.28. The lowest BCUT2D eigenvalue weighted by Crippen LogP contribution is -2.01. The third kappa shape index (κ3) is 10.2. The predicted molar refractivity (Wildman–Crippen MR) is 48.3 cm³/mol. The van der Waals surface area contributed by atoms with E-state index in [1.54, 1.807) is 0 Å². The highest BCUT2D eigenvalue weighted by atomic mass is 28.2. The highest BCUT2D eigenvalue weighted by molar-refractivity contribution is 6.42. The minimum Gasteiger partial charge on any atom is -0.211 e. The van der Waals surface area contributed by atoms with Gasteiger partial charge in [-0.1, -0.05) is 12.1 Å². The van der Waals surface area contributed by atoms with Gasteiger partial charge in [-0.05, 0) is 12.1 Å². The SMILES string of the molecule is FC(F)C[SiH2]CC[SiH2]CC(F)F. The Bertz CT molecular complexity index is 87.5. The van der Waals surface area contributed by atoms with Crippen molar-refractivity contribution in [1.29, 1.82) is 0 Å². The first-order valence-electron chi connectivity index (χ1n) is 4.19. The summed E-state index contributed by atoms with van der Waals surface area (Å²) in [5.74, 6) is 0. The average Bonchev–Trinajstić information content (AvgIpc) is 1.95. The van der Waals surface area contributed by atoms with E-state index in [0.717, 1.165) is 12.1 Å². The molecule has 0 aliphatic heterocycles. The Balaban J connectivity index is 2.91. The molecule has 0 heterocycles. The van der Waals surface area contributed by atoms with Crippen LogP contribution < -0.4 is 0 Å². The zero-order valence-electron chi connectivity index (χ0n) is 6.91. The van der Waals surface area contributed by atoms with Gasteiger partial charge in [-0.2, -0.15) is 0 Å². The van der Waals surface area contributed by atoms with Crippen molar-refractivity contribution in [3.63, 3.8) is 0 Å². The first kappa shape index (κ1) is 12.2. The molecule has 0 unspecified atom stereocenters. The van der Waals surface area contributed by atoms with Crippen LogP contribution >= 0.6 is 0 Å². The van der Waals surface area contributed by atoms with E-state index in [1.807, 2.05) is 0 Å². The monoisotopic (exact) mass is 218 g/mol. The minimum absolute atomic E-state index is 0.0586. The molecule has 0 aromatic carbocycles. The van der Waals surface area contributed by atoms with Crippen molar-refractivity contribution in [3.05, 3.63) is 0 Å². The minimum atomic E-state index is -2.17. The normalized spacial score (nSPS) is 13.5. The van der Waals surface area contributed by atoms with Gasteiger partial charge >= 0.3 is 0 Å². The fourth-order valence-electron chi connectivity index (χ4n) is 0.951. The molecule has 0 aromatic heterocycles. The molecule has 0 N–H and O–H groups in total. The quantitative estimate of drug-likeness (QED) is 0.345. The number of rotatable bonds is 7. The highest BCUT2D eigenvalue weighted by Gasteiger charge is 2.04. The predicted octanol–water partition coefficient (Wildman–Crippen LogP) is 1.53. The Hall–Kier alpha value is 0.154. The fourth-order valence-corrected chi connectivity index (χ4v) is 4.97. The average molecular weight is 218 g/mol. The molecule has 6 heteroatoms. The summed E-state index contributed by atoms with van der Waals surface area (Å²) in [4.78, 5) is 0. The summed E-state index contributed by atoms with van der Waals surface area (Å²) in [7, 11) is -1.28. The number of hydrogen-bond acceptors (Lipinski definition) is 0. The van der Waals surface area contributed by atoms with E-state index in [4.69, 9.17) is 0 Å². The molecule has 0 rings (SSSR count). The molecule has 0 amide bonds. The Morgan fingerprint density at radius 2 is 1.08 bits per heavy atom. The topological polar surface area (TPSA) is 0 Å². The highest BCUT2D eigenvalue weighted by Crippen LogP contribution is 2.05. The maximum absolute atomic E-state index is 11.6. The molecule has 0 saturated carbocycles. The summed E-state index contributed by atoms with van der Waals surface area (Å²) in [6.45, 7) is 0. The number of halogens is 4. The lowest BCUT2D eigenvalue weighted by molar-refractivity contribution is 0.170. The number of hydrogen-bond donors (Lipinski definition) is 0. The Labute approximate surface area is 74.4 Å². The second kappa shape index (κ2) is 7.78. The van der Waals surface area contributed by atoms with Crippen LogP contribution in [0.25, 0.3) is 0 Å². The van der Waals surface area contributed by atoms with Crippen LogP contribution in [0.15, 0.2) is 0 Å². The van der Waals surface area contributed by atoms with Crippen molar-refractivity contribution in [3.8, 4) is 0 Å². The van der Waals surface area contributed by atoms with Crippen molar-refractivity contribution in [2.75, 3.05) is 0 Å². The third-order valence-electron chi connectivity index (χ3n) is 1.59. The fraction of sp³-hybridized carbons (Fsp3) is 1.00. The second-order valence-electron chi connectivity index (χ2n) is 2.77. The molecule has 0 saturated heterocycles. The summed E-state index contributed by atoms with van der Waals surface area (Å²) in [5.41, 5.74) is 0. The molecule has 74 valence electrons. The van der Waals surface area contributed by atoms with Crippen molar-refractivity contribution < 1.29 is 17.6 Å². The summed E-state index contributed by atoms with van der Waals surface area (Å²) in [6, 6.07) is 1.79. The van der Waals surface area contributed by atoms with E-state index in [1.165, 1.54) is 0 Å². The first-order chi connectivity index (χ1) is 5.63. The lowest BCUT2D eigenvalue weighted by atomic mass is 10.8. The van der Waals surface area contributed by atoms with Crippen LogP contribution in [0.4, 0.5) is 17.6 Å². The standard InChI is InChI=1S/C6H14F4Si2/c7-5(8)3-11-1-2-12-4-6(9)10/h5-6H,1-4,11-12H2. The summed E-state index contributed by atoms with van der Waals surface area (Å²) in [5, 5.41) is 0. The van der Waals surface area contributed by atoms with Gasteiger partial charge in [0, 0.05) is 19.0 Å². The van der Waals surface area contributed by atoms with Crippen molar-refractivity contribution in [2.45, 2.75) is 37.0 Å². The van der Waals surface area contributed by atoms with Crippen LogP contribution in [-0.2, 0) is 0 Å². The molecular weight excluding hydrogens is 204 g/mol. The van der Waals surface area contributed by atoms with Crippen LogP contribution in [0.2, 0.25) is 24.2 Å². The largest absolute Gasteiger partial charge is 0.235 e. The molecule has 0 bridgehead atoms. The van der Waals surface area contributed by atoms with Crippen molar-refractivity contribution in [1.82, 2.24) is 0 Å². The van der Waals surface area contributed by atoms with Crippen LogP contribution in [0, 0.1) is 0 Å². The summed E-state index contributed by atoms with van der Waals surface area (Å²) < 4.78 is 46.4. The van der Waals surface area contributed by atoms with E-state index in [9.17, 15) is 17.6 Å². The van der Waals surface area contributed by atoms with Gasteiger partial charge in [0.15, 0.2) is 0 Å². The maximum Gasteiger partial charge on any atom is 0.235 e. The number of alkyl halides is 4. The van der Waals surface area contributed by atoms with Gasteiger partial charge in [-0.25, -0.2) is 17.6 Å². The first-order valence-corrected chi connectivity index (χ1v) is 8.19. The zero-order valence-corrected chi connectivity index (χ0v) is 9.74. The van der Waals surface area contributed by atoms with E-state index in [0.29, 0.717) is 0 Å². The molecule has 0 spiro atoms. The van der Waals surface area contributed by atoms with E-state index in [2.05, 4.69) is 0 Å². The Morgan fingerprint density at radius 1 is 0.750 bits per heavy atom. The molecule has 0 aliphatic rings. The van der Waals surface area contributed by atoms with E-state index < -0.39 is 31.9 Å². The summed E-state index contributed by atoms with van der Waals surface area (Å²) >= 11 is 0. The molecule has 0 nitrogen and oxygen atoms in total. The van der Waals surface area contributed by atoms with Crippen molar-refractivity contribution >= 4 is 19.0 Å². The van der Waals surface area contributed by atoms with Crippen LogP contribution in [0.3, 0.4) is 0 Å². The molecule has 0 fully saturated rings. The van der Waals surface area contributed by atoms with Crippen LogP contribution in [0.1, 0.15) is 0 Å². The molecule has 0 aromatic rings. The molecule has 0 atom stereocenters. The van der Waals surface area contributed by atoms with Gasteiger partial charge < -0.3 is 0 Å². The Morgan fingerprint density at radius 3 is 1.33 bits per heavy atom. The maximum atomic E-state index is 11.6. The zero-order chi connectivity index (χ0) is 9.40. The van der Waals surface area contributed by atoms with Crippen molar-refractivity contribution in [2.24, 2.45) is 0 Å². The van der Waals surface area contributed by atoms with Gasteiger partial charge in [0.25, 0.3) is 0 Å². The summed E-state index contributed by atoms with van der Waals surface area (Å²) in [6.07, 6.45) is -4.35. The van der Waals surface area contributed by atoms with Crippen LogP contribution in [0.5, 0.6) is 0 Å². The van der Waals surface area contributed by atoms with Gasteiger partial charge in [-0.3, -0.25) is 0 Å². The van der Waals surface area contributed by atoms with Gasteiger partial charge in [0.05, 0.1) is 0 Å². The van der Waals surface area contributed by atoms with E-state index in [-0.39, 0.29) is 12.1 Å². The smallest absolute Gasteiger partial charge is 0.211 e. The van der Waals surface area contributed by atoms with Crippen LogP contribution in [-0.4, -0.2) is 31.9 Å². The Kier molecular flexibility index (Phi) is 7.88. The molecule has 0 aliphatic carbocycles. The molecular formula is C6H14F4Si2. The second-order valence-corrected chi connectivity index (χ2v) is 6.76. The van der Waals surface area contributed by atoms with Gasteiger partial charge in [0.2, 0.25) is 12.9 Å². The lowest BCUT2D eigenvalue weighted by Gasteiger charge is -1.99. The van der Waals surface area contributed by atoms with Gasteiger partial charge in [-0.15, -0.1) is 0 Å².